The fourth-order valence-electron chi connectivity index (χ4n) is 2.90. The first kappa shape index (κ1) is 17.9. The summed E-state index contributed by atoms with van der Waals surface area (Å²) < 4.78 is 7.34. The van der Waals surface area contributed by atoms with Crippen molar-refractivity contribution in [3.63, 3.8) is 0 Å². The highest BCUT2D eigenvalue weighted by Gasteiger charge is 2.20. The number of carbonyl (C=O) groups excluding carboxylic acids is 1. The molecule has 0 unspecified atom stereocenters. The summed E-state index contributed by atoms with van der Waals surface area (Å²) in [5.41, 5.74) is 0.579. The van der Waals surface area contributed by atoms with Crippen molar-refractivity contribution in [1.29, 1.82) is 0 Å². The lowest BCUT2D eigenvalue weighted by Gasteiger charge is -2.16. The van der Waals surface area contributed by atoms with Gasteiger partial charge in [-0.15, -0.1) is 0 Å². The van der Waals surface area contributed by atoms with E-state index in [1.165, 1.54) is 11.8 Å². The number of carbonyl (C=O) groups is 1. The Labute approximate surface area is 151 Å². The van der Waals surface area contributed by atoms with Crippen LogP contribution in [0.3, 0.4) is 0 Å². The van der Waals surface area contributed by atoms with E-state index in [9.17, 15) is 9.59 Å². The topological polar surface area (TPSA) is 73.2 Å². The second-order valence-corrected chi connectivity index (χ2v) is 7.42. The summed E-state index contributed by atoms with van der Waals surface area (Å²) in [5, 5.41) is 4.02. The third kappa shape index (κ3) is 4.41. The van der Waals surface area contributed by atoms with Crippen LogP contribution in [0.5, 0.6) is 0 Å². The van der Waals surface area contributed by atoms with E-state index in [1.807, 2.05) is 32.0 Å². The summed E-state index contributed by atoms with van der Waals surface area (Å²) in [7, 11) is 0. The van der Waals surface area contributed by atoms with E-state index in [-0.39, 0.29) is 29.4 Å². The lowest BCUT2D eigenvalue weighted by molar-refractivity contribution is -0.119. The standard InChI is InChI=1S/C18H23N3O3S/c1-12(2)19-16(22)11-25-18-20-15-8-4-3-7-14(15)17(23)21(18)10-13-6-5-9-24-13/h3-4,7-8,12-13H,5-6,9-11H2,1-2H3,(H,19,22)/t13-/m1/s1. The molecule has 1 aromatic heterocycles. The van der Waals surface area contributed by atoms with Gasteiger partial charge in [0.1, 0.15) is 0 Å². The van der Waals surface area contributed by atoms with E-state index in [1.54, 1.807) is 10.6 Å². The summed E-state index contributed by atoms with van der Waals surface area (Å²) in [6.07, 6.45) is 1.99. The second kappa shape index (κ2) is 8.01. The van der Waals surface area contributed by atoms with Gasteiger partial charge in [0, 0.05) is 12.6 Å². The number of thioether (sulfide) groups is 1. The van der Waals surface area contributed by atoms with Crippen molar-refractivity contribution in [3.05, 3.63) is 34.6 Å². The first-order valence-corrected chi connectivity index (χ1v) is 9.56. The second-order valence-electron chi connectivity index (χ2n) is 6.47. The molecule has 1 aliphatic rings. The quantitative estimate of drug-likeness (QED) is 0.631. The van der Waals surface area contributed by atoms with Gasteiger partial charge in [0.05, 0.1) is 29.3 Å². The molecule has 0 bridgehead atoms. The smallest absolute Gasteiger partial charge is 0.262 e. The lowest BCUT2D eigenvalue weighted by atomic mass is 10.2. The molecule has 1 aliphatic heterocycles. The number of hydrogen-bond donors (Lipinski definition) is 1. The molecule has 1 saturated heterocycles. The Hall–Kier alpha value is -1.86. The summed E-state index contributed by atoms with van der Waals surface area (Å²) in [4.78, 5) is 29.5. The zero-order valence-electron chi connectivity index (χ0n) is 14.5. The molecule has 1 aromatic carbocycles. The first-order chi connectivity index (χ1) is 12.0. The van der Waals surface area contributed by atoms with Crippen molar-refractivity contribution in [2.24, 2.45) is 0 Å². The van der Waals surface area contributed by atoms with Gasteiger partial charge in [-0.2, -0.15) is 0 Å². The Morgan fingerprint density at radius 2 is 2.24 bits per heavy atom. The Bertz CT molecular complexity index is 813. The molecule has 2 heterocycles. The van der Waals surface area contributed by atoms with Crippen molar-refractivity contribution in [2.45, 2.75) is 50.5 Å². The Kier molecular flexibility index (Phi) is 5.75. The Morgan fingerprint density at radius 3 is 2.96 bits per heavy atom. The summed E-state index contributed by atoms with van der Waals surface area (Å²) >= 11 is 1.29. The van der Waals surface area contributed by atoms with Gasteiger partial charge in [-0.05, 0) is 38.8 Å². The van der Waals surface area contributed by atoms with Crippen molar-refractivity contribution in [1.82, 2.24) is 14.9 Å². The fourth-order valence-corrected chi connectivity index (χ4v) is 3.72. The van der Waals surface area contributed by atoms with E-state index < -0.39 is 0 Å². The maximum absolute atomic E-state index is 12.9. The summed E-state index contributed by atoms with van der Waals surface area (Å²) in [6.45, 7) is 5.05. The number of rotatable bonds is 6. The van der Waals surface area contributed by atoms with Crippen molar-refractivity contribution in [3.8, 4) is 0 Å². The van der Waals surface area contributed by atoms with Gasteiger partial charge in [-0.1, -0.05) is 23.9 Å². The molecule has 0 saturated carbocycles. The maximum Gasteiger partial charge on any atom is 0.262 e. The van der Waals surface area contributed by atoms with Crippen molar-refractivity contribution in [2.75, 3.05) is 12.4 Å². The molecule has 134 valence electrons. The molecule has 6 nitrogen and oxygen atoms in total. The van der Waals surface area contributed by atoms with Gasteiger partial charge in [-0.3, -0.25) is 14.2 Å². The van der Waals surface area contributed by atoms with Crippen LogP contribution >= 0.6 is 11.8 Å². The van der Waals surface area contributed by atoms with Gasteiger partial charge < -0.3 is 10.1 Å². The number of ether oxygens (including phenoxy) is 1. The maximum atomic E-state index is 12.9. The minimum Gasteiger partial charge on any atom is -0.376 e. The average Bonchev–Trinajstić information content (AvgIpc) is 3.08. The molecule has 3 rings (SSSR count). The van der Waals surface area contributed by atoms with Crippen molar-refractivity contribution >= 4 is 28.6 Å². The fraction of sp³-hybridized carbons (Fsp3) is 0.500. The minimum absolute atomic E-state index is 0.0319. The lowest BCUT2D eigenvalue weighted by Crippen LogP contribution is -2.32. The highest BCUT2D eigenvalue weighted by Crippen LogP contribution is 2.20. The monoisotopic (exact) mass is 361 g/mol. The predicted molar refractivity (Wildman–Crippen MR) is 99.0 cm³/mol. The number of para-hydroxylation sites is 1. The SMILES string of the molecule is CC(C)NC(=O)CSc1nc2ccccc2c(=O)n1C[C@H]1CCCO1. The molecule has 1 N–H and O–H groups in total. The van der Waals surface area contributed by atoms with Crippen molar-refractivity contribution < 1.29 is 9.53 Å². The van der Waals surface area contributed by atoms with E-state index in [4.69, 9.17) is 4.74 Å². The van der Waals surface area contributed by atoms with Gasteiger partial charge >= 0.3 is 0 Å². The predicted octanol–water partition coefficient (Wildman–Crippen LogP) is 2.19. The van der Waals surface area contributed by atoms with E-state index >= 15 is 0 Å². The highest BCUT2D eigenvalue weighted by molar-refractivity contribution is 7.99. The molecule has 1 amide bonds. The van der Waals surface area contributed by atoms with Gasteiger partial charge in [0.2, 0.25) is 5.91 Å². The number of hydrogen-bond acceptors (Lipinski definition) is 5. The number of fused-ring (bicyclic) bond motifs is 1. The first-order valence-electron chi connectivity index (χ1n) is 8.58. The largest absolute Gasteiger partial charge is 0.376 e. The van der Waals surface area contributed by atoms with E-state index in [0.717, 1.165) is 19.4 Å². The van der Waals surface area contributed by atoms with Crippen LogP contribution in [-0.2, 0) is 16.1 Å². The molecule has 2 aromatic rings. The third-order valence-corrected chi connectivity index (χ3v) is 5.00. The summed E-state index contributed by atoms with van der Waals surface area (Å²) in [5.74, 6) is 0.167. The van der Waals surface area contributed by atoms with Crippen LogP contribution in [0, 0.1) is 0 Å². The number of amides is 1. The van der Waals surface area contributed by atoms with Crippen LogP contribution < -0.4 is 10.9 Å². The number of nitrogens with one attached hydrogen (secondary N) is 1. The highest BCUT2D eigenvalue weighted by atomic mass is 32.2. The van der Waals surface area contributed by atoms with Crippen LogP contribution in [0.2, 0.25) is 0 Å². The molecule has 1 fully saturated rings. The van der Waals surface area contributed by atoms with Crippen LogP contribution in [0.4, 0.5) is 0 Å². The van der Waals surface area contributed by atoms with Crippen LogP contribution in [0.15, 0.2) is 34.2 Å². The van der Waals surface area contributed by atoms with Crippen LogP contribution in [-0.4, -0.2) is 40.0 Å². The number of aromatic nitrogens is 2. The van der Waals surface area contributed by atoms with Crippen LogP contribution in [0.1, 0.15) is 26.7 Å². The number of benzene rings is 1. The summed E-state index contributed by atoms with van der Waals surface area (Å²) in [6, 6.07) is 7.40. The molecule has 0 aliphatic carbocycles. The molecule has 0 radical (unpaired) electrons. The number of nitrogens with zero attached hydrogens (tertiary/aromatic N) is 2. The normalized spacial score (nSPS) is 17.3. The Balaban J connectivity index is 1.90. The van der Waals surface area contributed by atoms with Gasteiger partial charge in [0.25, 0.3) is 5.56 Å². The molecule has 0 spiro atoms. The molecule has 1 atom stereocenters. The molecule has 25 heavy (non-hydrogen) atoms. The van der Waals surface area contributed by atoms with Gasteiger partial charge in [0.15, 0.2) is 5.16 Å². The molecular formula is C18H23N3O3S. The molecule has 7 heteroatoms. The van der Waals surface area contributed by atoms with E-state index in [2.05, 4.69) is 10.3 Å². The van der Waals surface area contributed by atoms with Crippen LogP contribution in [0.25, 0.3) is 10.9 Å². The zero-order chi connectivity index (χ0) is 17.8. The molecular weight excluding hydrogens is 338 g/mol. The Morgan fingerprint density at radius 1 is 1.44 bits per heavy atom. The minimum atomic E-state index is -0.0760. The third-order valence-electron chi connectivity index (χ3n) is 4.02. The van der Waals surface area contributed by atoms with E-state index in [0.29, 0.717) is 22.6 Å². The van der Waals surface area contributed by atoms with Gasteiger partial charge in [-0.25, -0.2) is 4.98 Å². The average molecular weight is 361 g/mol. The zero-order valence-corrected chi connectivity index (χ0v) is 15.3.